The minimum atomic E-state index is -0.456. The van der Waals surface area contributed by atoms with Crippen LogP contribution in [0.2, 0.25) is 0 Å². The molecule has 0 aliphatic carbocycles. The summed E-state index contributed by atoms with van der Waals surface area (Å²) in [6.45, 7) is 1.89. The Morgan fingerprint density at radius 1 is 1.00 bits per heavy atom. The fourth-order valence-corrected chi connectivity index (χ4v) is 2.47. The third-order valence-electron chi connectivity index (χ3n) is 4.07. The maximum atomic E-state index is 12.0. The monoisotopic (exact) mass is 404 g/mol. The molecular weight excluding hydrogens is 384 g/mol. The normalized spacial score (nSPS) is 10.6. The van der Waals surface area contributed by atoms with Crippen molar-refractivity contribution in [1.82, 2.24) is 0 Å². The van der Waals surface area contributed by atoms with Crippen molar-refractivity contribution in [3.8, 4) is 5.75 Å². The van der Waals surface area contributed by atoms with Gasteiger partial charge in [-0.05, 0) is 61.0 Å². The first kappa shape index (κ1) is 20.5. The molecule has 0 aliphatic rings. The summed E-state index contributed by atoms with van der Waals surface area (Å²) in [5, 5.41) is 17.5. The standard InChI is InChI=1S/C22H20N4O4/c1-16-2-6-18(7-3-16)24-22(27)15-30-21-12-4-17(5-13-21)14-23-25-19-8-10-20(11-9-19)26(28)29/h2-14,25H,15H2,1H3,(H,24,27)/b23-14+. The lowest BCUT2D eigenvalue weighted by atomic mass is 10.2. The number of nitro benzene ring substituents is 1. The zero-order valence-electron chi connectivity index (χ0n) is 16.2. The molecule has 0 saturated carbocycles. The van der Waals surface area contributed by atoms with Crippen molar-refractivity contribution in [3.05, 3.63) is 94.0 Å². The van der Waals surface area contributed by atoms with Crippen molar-refractivity contribution < 1.29 is 14.5 Å². The molecule has 0 radical (unpaired) electrons. The van der Waals surface area contributed by atoms with E-state index < -0.39 is 4.92 Å². The van der Waals surface area contributed by atoms with Crippen molar-refractivity contribution >= 4 is 29.2 Å². The number of nitrogens with zero attached hydrogens (tertiary/aromatic N) is 2. The zero-order valence-corrected chi connectivity index (χ0v) is 16.2. The summed E-state index contributed by atoms with van der Waals surface area (Å²) < 4.78 is 5.50. The molecule has 0 spiro atoms. The maximum absolute atomic E-state index is 12.0. The van der Waals surface area contributed by atoms with Gasteiger partial charge < -0.3 is 10.1 Å². The molecule has 0 fully saturated rings. The molecule has 0 aliphatic heterocycles. The van der Waals surface area contributed by atoms with Crippen LogP contribution in [0.5, 0.6) is 5.75 Å². The molecule has 8 nitrogen and oxygen atoms in total. The summed E-state index contributed by atoms with van der Waals surface area (Å²) in [7, 11) is 0. The second kappa shape index (κ2) is 9.83. The molecule has 0 aromatic heterocycles. The number of anilines is 2. The highest BCUT2D eigenvalue weighted by molar-refractivity contribution is 5.91. The van der Waals surface area contributed by atoms with E-state index in [0.717, 1.165) is 16.8 Å². The molecule has 3 rings (SSSR count). The van der Waals surface area contributed by atoms with E-state index in [2.05, 4.69) is 15.8 Å². The van der Waals surface area contributed by atoms with Gasteiger partial charge in [-0.3, -0.25) is 20.3 Å². The molecule has 0 atom stereocenters. The number of hydrogen-bond donors (Lipinski definition) is 2. The SMILES string of the molecule is Cc1ccc(NC(=O)COc2ccc(/C=N/Nc3ccc([N+](=O)[O-])cc3)cc2)cc1. The van der Waals surface area contributed by atoms with E-state index in [1.165, 1.54) is 12.1 Å². The Balaban J connectivity index is 1.46. The smallest absolute Gasteiger partial charge is 0.269 e. The van der Waals surface area contributed by atoms with Gasteiger partial charge in [0.1, 0.15) is 5.75 Å². The topological polar surface area (TPSA) is 106 Å². The van der Waals surface area contributed by atoms with Crippen molar-refractivity contribution in [2.75, 3.05) is 17.3 Å². The van der Waals surface area contributed by atoms with Crippen LogP contribution < -0.4 is 15.5 Å². The molecule has 3 aromatic carbocycles. The third-order valence-corrected chi connectivity index (χ3v) is 4.07. The Bertz CT molecular complexity index is 1030. The van der Waals surface area contributed by atoms with Gasteiger partial charge in [0.2, 0.25) is 0 Å². The minimum absolute atomic E-state index is 0.0210. The van der Waals surface area contributed by atoms with Gasteiger partial charge in [0.05, 0.1) is 16.8 Å². The summed E-state index contributed by atoms with van der Waals surface area (Å²) in [5.74, 6) is 0.325. The van der Waals surface area contributed by atoms with Crippen LogP contribution in [0.3, 0.4) is 0 Å². The van der Waals surface area contributed by atoms with Gasteiger partial charge in [-0.1, -0.05) is 17.7 Å². The van der Waals surface area contributed by atoms with Gasteiger partial charge in [-0.15, -0.1) is 0 Å². The number of nitro groups is 1. The molecule has 0 heterocycles. The highest BCUT2D eigenvalue weighted by Crippen LogP contribution is 2.16. The highest BCUT2D eigenvalue weighted by atomic mass is 16.6. The first-order chi connectivity index (χ1) is 14.5. The Morgan fingerprint density at radius 2 is 1.63 bits per heavy atom. The average molecular weight is 404 g/mol. The summed E-state index contributed by atoms with van der Waals surface area (Å²) in [6.07, 6.45) is 1.61. The highest BCUT2D eigenvalue weighted by Gasteiger charge is 2.04. The molecule has 2 N–H and O–H groups in total. The quantitative estimate of drug-likeness (QED) is 0.329. The maximum Gasteiger partial charge on any atom is 0.269 e. The Kier molecular flexibility index (Phi) is 6.73. The molecule has 3 aromatic rings. The number of nitrogens with one attached hydrogen (secondary N) is 2. The van der Waals surface area contributed by atoms with E-state index in [9.17, 15) is 14.9 Å². The summed E-state index contributed by atoms with van der Waals surface area (Å²) in [5.41, 5.74) is 6.12. The van der Waals surface area contributed by atoms with E-state index in [1.807, 2.05) is 31.2 Å². The summed E-state index contributed by atoms with van der Waals surface area (Å²) >= 11 is 0. The number of aryl methyl sites for hydroxylation is 1. The van der Waals surface area contributed by atoms with Crippen LogP contribution in [0.15, 0.2) is 77.9 Å². The minimum Gasteiger partial charge on any atom is -0.484 e. The van der Waals surface area contributed by atoms with Gasteiger partial charge >= 0.3 is 0 Å². The zero-order chi connectivity index (χ0) is 21.3. The number of carbonyl (C=O) groups excluding carboxylic acids is 1. The Labute approximate surface area is 173 Å². The van der Waals surface area contributed by atoms with E-state index in [1.54, 1.807) is 42.6 Å². The first-order valence-electron chi connectivity index (χ1n) is 9.12. The molecule has 8 heteroatoms. The number of non-ortho nitro benzene ring substituents is 1. The average Bonchev–Trinajstić information content (AvgIpc) is 2.75. The van der Waals surface area contributed by atoms with Gasteiger partial charge in [-0.25, -0.2) is 0 Å². The number of rotatable bonds is 8. The van der Waals surface area contributed by atoms with Gasteiger partial charge in [-0.2, -0.15) is 5.10 Å². The summed E-state index contributed by atoms with van der Waals surface area (Å²) in [4.78, 5) is 22.2. The molecule has 0 saturated heterocycles. The van der Waals surface area contributed by atoms with Gasteiger partial charge in [0.15, 0.2) is 6.61 Å². The first-order valence-corrected chi connectivity index (χ1v) is 9.12. The van der Waals surface area contributed by atoms with Crippen LogP contribution in [0.4, 0.5) is 17.1 Å². The van der Waals surface area contributed by atoms with Crippen LogP contribution in [-0.2, 0) is 4.79 Å². The fourth-order valence-electron chi connectivity index (χ4n) is 2.47. The Hall–Kier alpha value is -4.20. The number of carbonyl (C=O) groups is 1. The largest absolute Gasteiger partial charge is 0.484 e. The van der Waals surface area contributed by atoms with E-state index in [-0.39, 0.29) is 18.2 Å². The van der Waals surface area contributed by atoms with Crippen molar-refractivity contribution in [2.24, 2.45) is 5.10 Å². The van der Waals surface area contributed by atoms with Crippen LogP contribution in [-0.4, -0.2) is 23.7 Å². The molecule has 1 amide bonds. The van der Waals surface area contributed by atoms with Crippen molar-refractivity contribution in [1.29, 1.82) is 0 Å². The number of hydrazone groups is 1. The third kappa shape index (κ3) is 6.16. The van der Waals surface area contributed by atoms with Crippen LogP contribution >= 0.6 is 0 Å². The van der Waals surface area contributed by atoms with E-state index >= 15 is 0 Å². The molecule has 0 bridgehead atoms. The number of ether oxygens (including phenoxy) is 1. The lowest BCUT2D eigenvalue weighted by Crippen LogP contribution is -2.20. The number of amides is 1. The lowest BCUT2D eigenvalue weighted by molar-refractivity contribution is -0.384. The van der Waals surface area contributed by atoms with Crippen molar-refractivity contribution in [2.45, 2.75) is 6.92 Å². The molecule has 0 unspecified atom stereocenters. The lowest BCUT2D eigenvalue weighted by Gasteiger charge is -2.08. The predicted molar refractivity (Wildman–Crippen MR) is 116 cm³/mol. The molecule has 152 valence electrons. The van der Waals surface area contributed by atoms with Crippen LogP contribution in [0, 0.1) is 17.0 Å². The van der Waals surface area contributed by atoms with Gasteiger partial charge in [0.25, 0.3) is 11.6 Å². The van der Waals surface area contributed by atoms with Crippen LogP contribution in [0.1, 0.15) is 11.1 Å². The van der Waals surface area contributed by atoms with E-state index in [0.29, 0.717) is 11.4 Å². The van der Waals surface area contributed by atoms with Crippen molar-refractivity contribution in [3.63, 3.8) is 0 Å². The Morgan fingerprint density at radius 3 is 2.27 bits per heavy atom. The predicted octanol–water partition coefficient (Wildman–Crippen LogP) is 4.37. The molecular formula is C22H20N4O4. The van der Waals surface area contributed by atoms with Crippen LogP contribution in [0.25, 0.3) is 0 Å². The molecule has 30 heavy (non-hydrogen) atoms. The summed E-state index contributed by atoms with van der Waals surface area (Å²) in [6, 6.07) is 20.6. The number of benzene rings is 3. The second-order valence-electron chi connectivity index (χ2n) is 6.45. The number of hydrogen-bond acceptors (Lipinski definition) is 6. The fraction of sp³-hybridized carbons (Fsp3) is 0.0909. The second-order valence-corrected chi connectivity index (χ2v) is 6.45. The van der Waals surface area contributed by atoms with Gasteiger partial charge in [0, 0.05) is 17.8 Å². The van der Waals surface area contributed by atoms with E-state index in [4.69, 9.17) is 4.74 Å².